The van der Waals surface area contributed by atoms with E-state index >= 15 is 0 Å². The zero-order valence-electron chi connectivity index (χ0n) is 12.5. The molecule has 0 unspecified atom stereocenters. The fraction of sp³-hybridized carbons (Fsp3) is 0.294. The van der Waals surface area contributed by atoms with Gasteiger partial charge in [0.05, 0.1) is 11.9 Å². The van der Waals surface area contributed by atoms with Crippen LogP contribution in [0.2, 0.25) is 0 Å². The average Bonchev–Trinajstić information content (AvgIpc) is 2.54. The summed E-state index contributed by atoms with van der Waals surface area (Å²) < 4.78 is 0. The third-order valence-corrected chi connectivity index (χ3v) is 3.21. The number of anilines is 2. The first kappa shape index (κ1) is 15.0. The minimum Gasteiger partial charge on any atom is -0.354 e. The van der Waals surface area contributed by atoms with Gasteiger partial charge in [0.25, 0.3) is 5.91 Å². The van der Waals surface area contributed by atoms with Gasteiger partial charge in [0, 0.05) is 12.2 Å². The number of benzene rings is 1. The van der Waals surface area contributed by atoms with Crippen molar-refractivity contribution in [1.82, 2.24) is 10.3 Å². The van der Waals surface area contributed by atoms with Crippen molar-refractivity contribution in [1.29, 1.82) is 0 Å². The van der Waals surface area contributed by atoms with Crippen LogP contribution in [0.15, 0.2) is 42.6 Å². The van der Waals surface area contributed by atoms with E-state index in [1.165, 1.54) is 5.56 Å². The monoisotopic (exact) mass is 283 g/mol. The summed E-state index contributed by atoms with van der Waals surface area (Å²) in [5, 5.41) is 6.15. The summed E-state index contributed by atoms with van der Waals surface area (Å²) in [6.07, 6.45) is 3.57. The molecule has 0 aliphatic rings. The van der Waals surface area contributed by atoms with Crippen molar-refractivity contribution in [3.05, 3.63) is 53.9 Å². The van der Waals surface area contributed by atoms with Gasteiger partial charge in [-0.1, -0.05) is 32.0 Å². The van der Waals surface area contributed by atoms with E-state index in [0.717, 1.165) is 24.2 Å². The maximum absolute atomic E-state index is 11.8. The summed E-state index contributed by atoms with van der Waals surface area (Å²) in [7, 11) is 0. The minimum absolute atomic E-state index is 0.127. The molecule has 2 N–H and O–H groups in total. The highest BCUT2D eigenvalue weighted by Crippen LogP contribution is 2.20. The summed E-state index contributed by atoms with van der Waals surface area (Å²) in [4.78, 5) is 16.0. The van der Waals surface area contributed by atoms with E-state index in [1.54, 1.807) is 12.3 Å². The number of amides is 1. The molecule has 0 bridgehead atoms. The van der Waals surface area contributed by atoms with Crippen LogP contribution < -0.4 is 10.6 Å². The van der Waals surface area contributed by atoms with Crippen LogP contribution in [0.1, 0.15) is 36.3 Å². The predicted octanol–water partition coefficient (Wildman–Crippen LogP) is 3.53. The molecule has 4 nitrogen and oxygen atoms in total. The lowest BCUT2D eigenvalue weighted by Crippen LogP contribution is -2.24. The van der Waals surface area contributed by atoms with Crippen molar-refractivity contribution in [2.75, 3.05) is 11.9 Å². The molecule has 0 spiro atoms. The number of carbonyl (C=O) groups excluding carboxylic acids is 1. The van der Waals surface area contributed by atoms with Crippen molar-refractivity contribution >= 4 is 17.3 Å². The molecule has 1 heterocycles. The molecule has 2 aromatic rings. The van der Waals surface area contributed by atoms with Crippen LogP contribution in [0.25, 0.3) is 0 Å². The first-order chi connectivity index (χ1) is 10.2. The number of hydrogen-bond donors (Lipinski definition) is 2. The summed E-state index contributed by atoms with van der Waals surface area (Å²) >= 11 is 0. The lowest BCUT2D eigenvalue weighted by molar-refractivity contribution is 0.0949. The first-order valence-electron chi connectivity index (χ1n) is 7.33. The lowest BCUT2D eigenvalue weighted by atomic mass is 10.1. The van der Waals surface area contributed by atoms with Gasteiger partial charge in [-0.15, -0.1) is 0 Å². The zero-order valence-corrected chi connectivity index (χ0v) is 12.5. The lowest BCUT2D eigenvalue weighted by Gasteiger charge is -2.11. The van der Waals surface area contributed by atoms with Gasteiger partial charge in [-0.2, -0.15) is 0 Å². The van der Waals surface area contributed by atoms with E-state index in [4.69, 9.17) is 0 Å². The Labute approximate surface area is 125 Å². The van der Waals surface area contributed by atoms with Gasteiger partial charge in [0.15, 0.2) is 0 Å². The Balaban J connectivity index is 2.07. The van der Waals surface area contributed by atoms with Crippen LogP contribution in [-0.2, 0) is 6.42 Å². The number of aryl methyl sites for hydroxylation is 1. The number of para-hydroxylation sites is 1. The van der Waals surface area contributed by atoms with Gasteiger partial charge in [0.2, 0.25) is 0 Å². The summed E-state index contributed by atoms with van der Waals surface area (Å²) in [6.45, 7) is 4.82. The average molecular weight is 283 g/mol. The van der Waals surface area contributed by atoms with Crippen molar-refractivity contribution in [2.24, 2.45) is 0 Å². The fourth-order valence-corrected chi connectivity index (χ4v) is 2.04. The SMILES string of the molecule is CCCNC(=O)c1ccc(Nc2ccccc2CC)cn1. The van der Waals surface area contributed by atoms with Crippen LogP contribution in [-0.4, -0.2) is 17.4 Å². The Morgan fingerprint density at radius 3 is 2.62 bits per heavy atom. The second kappa shape index (κ2) is 7.43. The highest BCUT2D eigenvalue weighted by Gasteiger charge is 2.06. The minimum atomic E-state index is -0.127. The summed E-state index contributed by atoms with van der Waals surface area (Å²) in [5.74, 6) is -0.127. The highest BCUT2D eigenvalue weighted by molar-refractivity contribution is 5.92. The number of nitrogens with zero attached hydrogens (tertiary/aromatic N) is 1. The second-order valence-corrected chi connectivity index (χ2v) is 4.82. The van der Waals surface area contributed by atoms with Gasteiger partial charge >= 0.3 is 0 Å². The standard InChI is InChI=1S/C17H21N3O/c1-3-11-18-17(21)16-10-9-14(12-19-16)20-15-8-6-5-7-13(15)4-2/h5-10,12,20H,3-4,11H2,1-2H3,(H,18,21). The van der Waals surface area contributed by atoms with Crippen LogP contribution >= 0.6 is 0 Å². The molecule has 0 atom stereocenters. The Morgan fingerprint density at radius 2 is 1.95 bits per heavy atom. The molecule has 0 aliphatic carbocycles. The van der Waals surface area contributed by atoms with E-state index < -0.39 is 0 Å². The summed E-state index contributed by atoms with van der Waals surface area (Å²) in [6, 6.07) is 11.8. The van der Waals surface area contributed by atoms with E-state index in [1.807, 2.05) is 31.2 Å². The predicted molar refractivity (Wildman–Crippen MR) is 86.0 cm³/mol. The Bertz CT molecular complexity index is 593. The molecule has 1 aromatic heterocycles. The quantitative estimate of drug-likeness (QED) is 0.852. The molecule has 2 rings (SSSR count). The molecular weight excluding hydrogens is 262 g/mol. The zero-order chi connectivity index (χ0) is 15.1. The van der Waals surface area contributed by atoms with Crippen LogP contribution in [0.3, 0.4) is 0 Å². The Morgan fingerprint density at radius 1 is 1.14 bits per heavy atom. The maximum atomic E-state index is 11.8. The molecule has 0 aliphatic heterocycles. The van der Waals surface area contributed by atoms with E-state index in [0.29, 0.717) is 12.2 Å². The Hall–Kier alpha value is -2.36. The second-order valence-electron chi connectivity index (χ2n) is 4.82. The van der Waals surface area contributed by atoms with Crippen LogP contribution in [0, 0.1) is 0 Å². The smallest absolute Gasteiger partial charge is 0.269 e. The molecule has 0 saturated heterocycles. The number of nitrogens with one attached hydrogen (secondary N) is 2. The van der Waals surface area contributed by atoms with Crippen molar-refractivity contribution in [3.8, 4) is 0 Å². The van der Waals surface area contributed by atoms with Gasteiger partial charge in [-0.25, -0.2) is 4.98 Å². The van der Waals surface area contributed by atoms with Gasteiger partial charge < -0.3 is 10.6 Å². The molecule has 0 fully saturated rings. The number of carbonyl (C=O) groups is 1. The van der Waals surface area contributed by atoms with E-state index in [2.05, 4.69) is 28.6 Å². The van der Waals surface area contributed by atoms with Gasteiger partial charge in [0.1, 0.15) is 5.69 Å². The third kappa shape index (κ3) is 4.05. The van der Waals surface area contributed by atoms with E-state index in [-0.39, 0.29) is 5.91 Å². The van der Waals surface area contributed by atoms with Crippen molar-refractivity contribution in [3.63, 3.8) is 0 Å². The van der Waals surface area contributed by atoms with E-state index in [9.17, 15) is 4.79 Å². The molecule has 1 aromatic carbocycles. The first-order valence-corrected chi connectivity index (χ1v) is 7.33. The molecular formula is C17H21N3O. The molecule has 1 amide bonds. The summed E-state index contributed by atoms with van der Waals surface area (Å²) in [5.41, 5.74) is 3.65. The normalized spacial score (nSPS) is 10.2. The topological polar surface area (TPSA) is 54.0 Å². The number of aromatic nitrogens is 1. The number of hydrogen-bond acceptors (Lipinski definition) is 3. The van der Waals surface area contributed by atoms with Gasteiger partial charge in [-0.3, -0.25) is 4.79 Å². The van der Waals surface area contributed by atoms with Crippen LogP contribution in [0.4, 0.5) is 11.4 Å². The molecule has 110 valence electrons. The highest BCUT2D eigenvalue weighted by atomic mass is 16.1. The van der Waals surface area contributed by atoms with Crippen molar-refractivity contribution in [2.45, 2.75) is 26.7 Å². The van der Waals surface area contributed by atoms with Crippen LogP contribution in [0.5, 0.6) is 0 Å². The van der Waals surface area contributed by atoms with Crippen molar-refractivity contribution < 1.29 is 4.79 Å². The molecule has 21 heavy (non-hydrogen) atoms. The fourth-order valence-electron chi connectivity index (χ4n) is 2.04. The number of pyridine rings is 1. The number of rotatable bonds is 6. The molecule has 0 saturated carbocycles. The largest absolute Gasteiger partial charge is 0.354 e. The maximum Gasteiger partial charge on any atom is 0.269 e. The van der Waals surface area contributed by atoms with Gasteiger partial charge in [-0.05, 0) is 36.6 Å². The Kier molecular flexibility index (Phi) is 5.32. The molecule has 4 heteroatoms. The third-order valence-electron chi connectivity index (χ3n) is 3.21. The molecule has 0 radical (unpaired) electrons.